The largest absolute Gasteiger partial charge is 0.316 e. The van der Waals surface area contributed by atoms with Gasteiger partial charge in [-0.15, -0.1) is 11.3 Å². The average Bonchev–Trinajstić information content (AvgIpc) is 2.65. The quantitative estimate of drug-likeness (QED) is 0.900. The van der Waals surface area contributed by atoms with Crippen LogP contribution in [-0.2, 0) is 6.42 Å². The molecule has 1 aliphatic heterocycles. The Labute approximate surface area is 102 Å². The lowest BCUT2D eigenvalue weighted by Gasteiger charge is -2.25. The molecule has 0 bridgehead atoms. The van der Waals surface area contributed by atoms with E-state index in [1.54, 1.807) is 11.3 Å². The van der Waals surface area contributed by atoms with Crippen molar-refractivity contribution >= 4 is 27.3 Å². The van der Waals surface area contributed by atoms with Gasteiger partial charge in [0.1, 0.15) is 6.17 Å². The molecule has 0 aliphatic carbocycles. The molecule has 1 nitrogen and oxygen atoms in total. The molecule has 0 amide bonds. The van der Waals surface area contributed by atoms with Crippen LogP contribution < -0.4 is 5.32 Å². The molecule has 0 aromatic carbocycles. The van der Waals surface area contributed by atoms with Crippen molar-refractivity contribution in [2.75, 3.05) is 13.1 Å². The number of hydrogen-bond donors (Lipinski definition) is 1. The summed E-state index contributed by atoms with van der Waals surface area (Å²) in [6.07, 6.45) is 2.02. The van der Waals surface area contributed by atoms with Crippen molar-refractivity contribution < 1.29 is 4.39 Å². The molecule has 1 aromatic rings. The van der Waals surface area contributed by atoms with Crippen LogP contribution in [0.25, 0.3) is 0 Å². The fraction of sp³-hybridized carbons (Fsp3) is 0.636. The second-order valence-corrected chi connectivity index (χ2v) is 5.97. The molecule has 1 aromatic heterocycles. The third-order valence-corrected chi connectivity index (χ3v) is 4.58. The van der Waals surface area contributed by atoms with E-state index in [4.69, 9.17) is 0 Å². The molecule has 2 rings (SSSR count). The molecule has 2 atom stereocenters. The molecule has 84 valence electrons. The standard InChI is InChI=1S/C11H15BrFNS/c12-9-4-10(15-7-9)5-11(13)8-2-1-3-14-6-8/h4,7-8,11,14H,1-3,5-6H2. The third kappa shape index (κ3) is 3.26. The maximum absolute atomic E-state index is 13.9. The second-order valence-electron chi connectivity index (χ2n) is 4.06. The molecule has 1 saturated heterocycles. The Balaban J connectivity index is 1.88. The predicted octanol–water partition coefficient (Wildman–Crippen LogP) is 3.39. The lowest BCUT2D eigenvalue weighted by atomic mass is 9.93. The van der Waals surface area contributed by atoms with Crippen LogP contribution in [0.4, 0.5) is 4.39 Å². The summed E-state index contributed by atoms with van der Waals surface area (Å²) in [5.74, 6) is 0.208. The molecule has 15 heavy (non-hydrogen) atoms. The van der Waals surface area contributed by atoms with Gasteiger partial charge in [-0.05, 0) is 41.4 Å². The SMILES string of the molecule is FC(Cc1cc(Br)cs1)C1CCCNC1. The van der Waals surface area contributed by atoms with Crippen molar-refractivity contribution in [3.8, 4) is 0 Å². The minimum atomic E-state index is -0.691. The minimum Gasteiger partial charge on any atom is -0.316 e. The van der Waals surface area contributed by atoms with Crippen molar-refractivity contribution in [2.24, 2.45) is 5.92 Å². The summed E-state index contributed by atoms with van der Waals surface area (Å²) in [6.45, 7) is 1.89. The van der Waals surface area contributed by atoms with Crippen LogP contribution in [0.2, 0.25) is 0 Å². The highest BCUT2D eigenvalue weighted by atomic mass is 79.9. The van der Waals surface area contributed by atoms with E-state index in [1.807, 2.05) is 11.4 Å². The second kappa shape index (κ2) is 5.41. The molecule has 0 saturated carbocycles. The Hall–Kier alpha value is 0.0700. The fourth-order valence-corrected chi connectivity index (χ4v) is 3.50. The molecule has 1 N–H and O–H groups in total. The Morgan fingerprint density at radius 2 is 2.53 bits per heavy atom. The summed E-state index contributed by atoms with van der Waals surface area (Å²) in [6, 6.07) is 2.02. The van der Waals surface area contributed by atoms with Crippen molar-refractivity contribution in [3.63, 3.8) is 0 Å². The molecular weight excluding hydrogens is 277 g/mol. The third-order valence-electron chi connectivity index (χ3n) is 2.86. The molecule has 4 heteroatoms. The zero-order chi connectivity index (χ0) is 10.7. The van der Waals surface area contributed by atoms with E-state index >= 15 is 0 Å². The van der Waals surface area contributed by atoms with Gasteiger partial charge in [-0.25, -0.2) is 4.39 Å². The highest BCUT2D eigenvalue weighted by Crippen LogP contribution is 2.25. The van der Waals surface area contributed by atoms with Crippen LogP contribution in [0.15, 0.2) is 15.9 Å². The zero-order valence-electron chi connectivity index (χ0n) is 8.51. The van der Waals surface area contributed by atoms with E-state index in [2.05, 4.69) is 21.2 Å². The van der Waals surface area contributed by atoms with Crippen LogP contribution in [0, 0.1) is 5.92 Å². The first-order valence-corrected chi connectivity index (χ1v) is 7.00. The summed E-state index contributed by atoms with van der Waals surface area (Å²) < 4.78 is 15.0. The van der Waals surface area contributed by atoms with Crippen molar-refractivity contribution in [1.82, 2.24) is 5.32 Å². The number of rotatable bonds is 3. The number of halogens is 2. The smallest absolute Gasteiger partial charge is 0.109 e. The lowest BCUT2D eigenvalue weighted by molar-refractivity contribution is 0.192. The van der Waals surface area contributed by atoms with Gasteiger partial charge in [-0.2, -0.15) is 0 Å². The molecular formula is C11H15BrFNS. The maximum Gasteiger partial charge on any atom is 0.109 e. The van der Waals surface area contributed by atoms with Gasteiger partial charge in [0.15, 0.2) is 0 Å². The van der Waals surface area contributed by atoms with Gasteiger partial charge in [0.05, 0.1) is 0 Å². The summed E-state index contributed by atoms with van der Waals surface area (Å²) in [5, 5.41) is 5.28. The zero-order valence-corrected chi connectivity index (χ0v) is 10.9. The maximum atomic E-state index is 13.9. The Bertz CT molecular complexity index is 309. The average molecular weight is 292 g/mol. The monoisotopic (exact) mass is 291 g/mol. The van der Waals surface area contributed by atoms with Crippen LogP contribution in [0.5, 0.6) is 0 Å². The number of piperidine rings is 1. The van der Waals surface area contributed by atoms with Gasteiger partial charge in [0.2, 0.25) is 0 Å². The van der Waals surface area contributed by atoms with Crippen LogP contribution >= 0.6 is 27.3 Å². The summed E-state index contributed by atoms with van der Waals surface area (Å²) in [5.41, 5.74) is 0. The van der Waals surface area contributed by atoms with Crippen LogP contribution in [-0.4, -0.2) is 19.3 Å². The number of thiophene rings is 1. The molecule has 2 heterocycles. The minimum absolute atomic E-state index is 0.208. The predicted molar refractivity (Wildman–Crippen MR) is 66.2 cm³/mol. The Morgan fingerprint density at radius 1 is 1.67 bits per heavy atom. The van der Waals surface area contributed by atoms with Crippen molar-refractivity contribution in [2.45, 2.75) is 25.4 Å². The van der Waals surface area contributed by atoms with Gasteiger partial charge in [0.25, 0.3) is 0 Å². The molecule has 0 spiro atoms. The van der Waals surface area contributed by atoms with Crippen molar-refractivity contribution in [1.29, 1.82) is 0 Å². The summed E-state index contributed by atoms with van der Waals surface area (Å²) in [7, 11) is 0. The van der Waals surface area contributed by atoms with Gasteiger partial charge in [-0.1, -0.05) is 0 Å². The summed E-state index contributed by atoms with van der Waals surface area (Å²) >= 11 is 5.03. The van der Waals surface area contributed by atoms with Gasteiger partial charge in [-0.3, -0.25) is 0 Å². The van der Waals surface area contributed by atoms with Gasteiger partial charge < -0.3 is 5.32 Å². The normalized spacial score (nSPS) is 24.0. The molecule has 2 unspecified atom stereocenters. The topological polar surface area (TPSA) is 12.0 Å². The highest BCUT2D eigenvalue weighted by molar-refractivity contribution is 9.10. The number of nitrogens with one attached hydrogen (secondary N) is 1. The first-order valence-electron chi connectivity index (χ1n) is 5.33. The number of alkyl halides is 1. The van der Waals surface area contributed by atoms with Crippen LogP contribution in [0.3, 0.4) is 0 Å². The van der Waals surface area contributed by atoms with Crippen molar-refractivity contribution in [3.05, 3.63) is 20.8 Å². The first-order chi connectivity index (χ1) is 7.25. The lowest BCUT2D eigenvalue weighted by Crippen LogP contribution is -2.35. The van der Waals surface area contributed by atoms with E-state index in [-0.39, 0.29) is 5.92 Å². The van der Waals surface area contributed by atoms with Crippen LogP contribution in [0.1, 0.15) is 17.7 Å². The van der Waals surface area contributed by atoms with Gasteiger partial charge in [0, 0.05) is 33.6 Å². The van der Waals surface area contributed by atoms with E-state index in [1.165, 1.54) is 0 Å². The molecule has 1 fully saturated rings. The fourth-order valence-electron chi connectivity index (χ4n) is 2.01. The van der Waals surface area contributed by atoms with E-state index < -0.39 is 6.17 Å². The van der Waals surface area contributed by atoms with Gasteiger partial charge >= 0.3 is 0 Å². The summed E-state index contributed by atoms with van der Waals surface area (Å²) in [4.78, 5) is 1.14. The van der Waals surface area contributed by atoms with E-state index in [0.717, 1.165) is 35.3 Å². The first kappa shape index (κ1) is 11.6. The Kier molecular flexibility index (Phi) is 4.17. The Morgan fingerprint density at radius 3 is 3.13 bits per heavy atom. The highest BCUT2D eigenvalue weighted by Gasteiger charge is 2.23. The number of hydrogen-bond acceptors (Lipinski definition) is 2. The van der Waals surface area contributed by atoms with E-state index in [9.17, 15) is 4.39 Å². The van der Waals surface area contributed by atoms with E-state index in [0.29, 0.717) is 6.42 Å². The molecule has 1 aliphatic rings. The molecule has 0 radical (unpaired) electrons.